The number of nitrogens with one attached hydrogen (secondary N) is 1. The van der Waals surface area contributed by atoms with Crippen LogP contribution in [-0.2, 0) is 0 Å². The zero-order valence-electron chi connectivity index (χ0n) is 9.59. The summed E-state index contributed by atoms with van der Waals surface area (Å²) in [6, 6.07) is 7.41. The smallest absolute Gasteiger partial charge is 0.337 e. The van der Waals surface area contributed by atoms with E-state index in [1.165, 1.54) is 24.4 Å². The van der Waals surface area contributed by atoms with E-state index in [2.05, 4.69) is 15.0 Å². The highest BCUT2D eigenvalue weighted by molar-refractivity contribution is 5.91. The normalized spacial score (nSPS) is 10.8. The number of nitrogens with zero attached hydrogens (tertiary/aromatic N) is 2. The van der Waals surface area contributed by atoms with E-state index in [0.29, 0.717) is 22.6 Å². The van der Waals surface area contributed by atoms with Crippen LogP contribution >= 0.6 is 0 Å². The van der Waals surface area contributed by atoms with Gasteiger partial charge in [-0.25, -0.2) is 19.2 Å². The molecule has 0 aliphatic carbocycles. The van der Waals surface area contributed by atoms with E-state index in [1.54, 1.807) is 12.1 Å². The fourth-order valence-corrected chi connectivity index (χ4v) is 1.79. The predicted octanol–water partition coefficient (Wildman–Crippen LogP) is 2.46. The van der Waals surface area contributed by atoms with Gasteiger partial charge in [-0.15, -0.1) is 0 Å². The van der Waals surface area contributed by atoms with Crippen molar-refractivity contribution in [2.24, 2.45) is 0 Å². The van der Waals surface area contributed by atoms with E-state index >= 15 is 0 Å². The van der Waals surface area contributed by atoms with Crippen molar-refractivity contribution in [3.8, 4) is 11.4 Å². The van der Waals surface area contributed by atoms with Gasteiger partial charge in [-0.2, -0.15) is 0 Å². The number of carbonyl (C=O) groups is 1. The summed E-state index contributed by atoms with van der Waals surface area (Å²) in [6.45, 7) is 0. The number of imidazole rings is 1. The second-order valence-electron chi connectivity index (χ2n) is 4.00. The summed E-state index contributed by atoms with van der Waals surface area (Å²) in [4.78, 5) is 21.9. The fourth-order valence-electron chi connectivity index (χ4n) is 1.79. The Kier molecular flexibility index (Phi) is 2.49. The Morgan fingerprint density at radius 2 is 2.16 bits per heavy atom. The van der Waals surface area contributed by atoms with Crippen molar-refractivity contribution >= 4 is 17.1 Å². The number of hydrogen-bond donors (Lipinski definition) is 2. The van der Waals surface area contributed by atoms with Crippen LogP contribution in [0.2, 0.25) is 0 Å². The van der Waals surface area contributed by atoms with Crippen molar-refractivity contribution < 1.29 is 14.3 Å². The number of H-pyrrole nitrogens is 1. The number of halogens is 1. The molecule has 0 unspecified atom stereocenters. The zero-order valence-corrected chi connectivity index (χ0v) is 9.59. The van der Waals surface area contributed by atoms with Gasteiger partial charge in [0.05, 0.1) is 11.1 Å². The quantitative estimate of drug-likeness (QED) is 0.739. The lowest BCUT2D eigenvalue weighted by Gasteiger charge is -1.95. The zero-order chi connectivity index (χ0) is 13.4. The molecule has 0 spiro atoms. The van der Waals surface area contributed by atoms with E-state index in [1.807, 2.05) is 0 Å². The Bertz CT molecular complexity index is 782. The molecule has 2 N–H and O–H groups in total. The molecule has 0 aliphatic heterocycles. The van der Waals surface area contributed by atoms with E-state index in [9.17, 15) is 9.18 Å². The number of fused-ring (bicyclic) bond motifs is 1. The highest BCUT2D eigenvalue weighted by Gasteiger charge is 2.10. The van der Waals surface area contributed by atoms with Crippen molar-refractivity contribution in [1.29, 1.82) is 0 Å². The molecular formula is C13H8FN3O2. The molecule has 0 radical (unpaired) electrons. The Balaban J connectivity index is 2.14. The number of carboxylic acids is 1. The van der Waals surface area contributed by atoms with Crippen LogP contribution in [0.15, 0.2) is 36.5 Å². The first kappa shape index (κ1) is 11.3. The molecule has 0 aliphatic rings. The Morgan fingerprint density at radius 1 is 1.32 bits per heavy atom. The number of hydrogen-bond acceptors (Lipinski definition) is 3. The minimum Gasteiger partial charge on any atom is -0.478 e. The van der Waals surface area contributed by atoms with E-state index in [4.69, 9.17) is 5.11 Å². The highest BCUT2D eigenvalue weighted by Crippen LogP contribution is 2.20. The summed E-state index contributed by atoms with van der Waals surface area (Å²) in [6.07, 6.45) is 1.24. The third-order valence-electron chi connectivity index (χ3n) is 2.68. The Morgan fingerprint density at radius 3 is 2.89 bits per heavy atom. The van der Waals surface area contributed by atoms with E-state index < -0.39 is 5.97 Å². The largest absolute Gasteiger partial charge is 0.478 e. The molecule has 0 atom stereocenters. The second kappa shape index (κ2) is 4.16. The van der Waals surface area contributed by atoms with Crippen molar-refractivity contribution in [1.82, 2.24) is 15.0 Å². The number of carboxylic acid groups (broad SMARTS) is 1. The Labute approximate surface area is 106 Å². The first-order chi connectivity index (χ1) is 9.13. The van der Waals surface area contributed by atoms with E-state index in [0.717, 1.165) is 0 Å². The molecule has 0 saturated heterocycles. The molecule has 0 bridgehead atoms. The molecule has 0 amide bonds. The fraction of sp³-hybridized carbons (Fsp3) is 0. The molecule has 0 fully saturated rings. The van der Waals surface area contributed by atoms with Crippen LogP contribution in [0, 0.1) is 5.82 Å². The lowest BCUT2D eigenvalue weighted by Crippen LogP contribution is -1.96. The predicted molar refractivity (Wildman–Crippen MR) is 66.2 cm³/mol. The van der Waals surface area contributed by atoms with Crippen LogP contribution in [-0.4, -0.2) is 26.0 Å². The Hall–Kier alpha value is -2.76. The van der Waals surface area contributed by atoms with Crippen LogP contribution in [0.3, 0.4) is 0 Å². The first-order valence-corrected chi connectivity index (χ1v) is 5.48. The molecule has 2 heterocycles. The number of pyridine rings is 1. The van der Waals surface area contributed by atoms with Gasteiger partial charge in [-0.05, 0) is 18.2 Å². The third-order valence-corrected chi connectivity index (χ3v) is 2.68. The standard InChI is InChI=1S/C13H8FN3O2/c14-9-3-1-2-7(4-9)11-16-10-5-8(13(18)19)6-15-12(10)17-11/h1-6H,(H,18,19)(H,15,16,17). The van der Waals surface area contributed by atoms with Gasteiger partial charge >= 0.3 is 5.97 Å². The molecule has 2 aromatic heterocycles. The van der Waals surface area contributed by atoms with Crippen LogP contribution in [0.5, 0.6) is 0 Å². The monoisotopic (exact) mass is 257 g/mol. The number of aromatic carboxylic acids is 1. The summed E-state index contributed by atoms with van der Waals surface area (Å²) in [5.41, 5.74) is 1.54. The number of aromatic nitrogens is 3. The van der Waals surface area contributed by atoms with Gasteiger partial charge in [0.1, 0.15) is 11.6 Å². The van der Waals surface area contributed by atoms with E-state index in [-0.39, 0.29) is 11.4 Å². The number of benzene rings is 1. The SMILES string of the molecule is O=C(O)c1cnc2nc(-c3cccc(F)c3)[nH]c2c1. The molecule has 5 nitrogen and oxygen atoms in total. The van der Waals surface area contributed by atoms with Gasteiger partial charge in [-0.3, -0.25) is 0 Å². The molecule has 1 aromatic carbocycles. The topological polar surface area (TPSA) is 78.9 Å². The van der Waals surface area contributed by atoms with Crippen LogP contribution in [0.25, 0.3) is 22.6 Å². The molecule has 3 aromatic rings. The second-order valence-corrected chi connectivity index (χ2v) is 4.00. The summed E-state index contributed by atoms with van der Waals surface area (Å²) in [5.74, 6) is -0.974. The lowest BCUT2D eigenvalue weighted by molar-refractivity contribution is 0.0696. The molecule has 19 heavy (non-hydrogen) atoms. The molecule has 94 valence electrons. The van der Waals surface area contributed by atoms with Crippen molar-refractivity contribution in [3.05, 3.63) is 47.9 Å². The van der Waals surface area contributed by atoms with Gasteiger partial charge in [0.2, 0.25) is 0 Å². The minimum absolute atomic E-state index is 0.0712. The minimum atomic E-state index is -1.06. The molecule has 3 rings (SSSR count). The third kappa shape index (κ3) is 2.03. The molecular weight excluding hydrogens is 249 g/mol. The highest BCUT2D eigenvalue weighted by atomic mass is 19.1. The van der Waals surface area contributed by atoms with Gasteiger partial charge < -0.3 is 10.1 Å². The maximum Gasteiger partial charge on any atom is 0.337 e. The van der Waals surface area contributed by atoms with Crippen molar-refractivity contribution in [2.75, 3.05) is 0 Å². The summed E-state index contributed by atoms with van der Waals surface area (Å²) in [7, 11) is 0. The number of rotatable bonds is 2. The summed E-state index contributed by atoms with van der Waals surface area (Å²) in [5, 5.41) is 8.88. The molecule has 0 saturated carbocycles. The van der Waals surface area contributed by atoms with Gasteiger partial charge in [0, 0.05) is 11.8 Å². The van der Waals surface area contributed by atoms with Crippen molar-refractivity contribution in [3.63, 3.8) is 0 Å². The maximum absolute atomic E-state index is 13.1. The summed E-state index contributed by atoms with van der Waals surface area (Å²) < 4.78 is 13.1. The number of aromatic amines is 1. The lowest BCUT2D eigenvalue weighted by atomic mass is 10.2. The van der Waals surface area contributed by atoms with Crippen molar-refractivity contribution in [2.45, 2.75) is 0 Å². The van der Waals surface area contributed by atoms with Crippen LogP contribution in [0.1, 0.15) is 10.4 Å². The average molecular weight is 257 g/mol. The average Bonchev–Trinajstić information content (AvgIpc) is 2.81. The van der Waals surface area contributed by atoms with Gasteiger partial charge in [0.25, 0.3) is 0 Å². The summed E-state index contributed by atoms with van der Waals surface area (Å²) >= 11 is 0. The first-order valence-electron chi connectivity index (χ1n) is 5.48. The van der Waals surface area contributed by atoms with Crippen LogP contribution < -0.4 is 0 Å². The van der Waals surface area contributed by atoms with Gasteiger partial charge in [-0.1, -0.05) is 12.1 Å². The molecule has 6 heteroatoms. The van der Waals surface area contributed by atoms with Crippen LogP contribution in [0.4, 0.5) is 4.39 Å². The maximum atomic E-state index is 13.1. The van der Waals surface area contributed by atoms with Gasteiger partial charge in [0.15, 0.2) is 5.65 Å².